The van der Waals surface area contributed by atoms with Gasteiger partial charge in [-0.2, -0.15) is 5.10 Å². The number of nitrogens with one attached hydrogen (secondary N) is 1. The Labute approximate surface area is 152 Å². The van der Waals surface area contributed by atoms with Gasteiger partial charge in [0.25, 0.3) is 5.91 Å². The van der Waals surface area contributed by atoms with Crippen LogP contribution < -0.4 is 5.32 Å². The zero-order chi connectivity index (χ0) is 18.5. The van der Waals surface area contributed by atoms with Gasteiger partial charge in [-0.1, -0.05) is 6.92 Å². The van der Waals surface area contributed by atoms with Crippen molar-refractivity contribution in [2.75, 3.05) is 39.3 Å². The van der Waals surface area contributed by atoms with E-state index >= 15 is 0 Å². The molecular formula is C16H25N7O3. The lowest BCUT2D eigenvalue weighted by molar-refractivity contribution is -0.137. The zero-order valence-electron chi connectivity index (χ0n) is 15.0. The minimum absolute atomic E-state index is 0.0315. The third-order valence-corrected chi connectivity index (χ3v) is 4.77. The summed E-state index contributed by atoms with van der Waals surface area (Å²) < 4.78 is 1.79. The molecule has 1 atom stereocenters. The van der Waals surface area contributed by atoms with Crippen LogP contribution in [-0.2, 0) is 16.1 Å². The van der Waals surface area contributed by atoms with E-state index in [0.717, 1.165) is 26.2 Å². The topological polar surface area (TPSA) is 104 Å². The molecule has 26 heavy (non-hydrogen) atoms. The summed E-state index contributed by atoms with van der Waals surface area (Å²) in [4.78, 5) is 45.7. The number of aromatic nitrogens is 3. The molecule has 3 rings (SSSR count). The van der Waals surface area contributed by atoms with Crippen LogP contribution in [0.15, 0.2) is 12.7 Å². The predicted molar refractivity (Wildman–Crippen MR) is 92.0 cm³/mol. The first-order valence-electron chi connectivity index (χ1n) is 9.03. The van der Waals surface area contributed by atoms with Crippen molar-refractivity contribution in [3.8, 4) is 0 Å². The second-order valence-electron chi connectivity index (χ2n) is 6.58. The van der Waals surface area contributed by atoms with Crippen molar-refractivity contribution in [1.82, 2.24) is 34.8 Å². The highest BCUT2D eigenvalue weighted by Crippen LogP contribution is 2.13. The van der Waals surface area contributed by atoms with Gasteiger partial charge in [-0.15, -0.1) is 0 Å². The standard InChI is InChI=1S/C16H25N7O3/c1-2-3-23-15(25)13(19-16(23)26)10-14(24)21-7-4-20(5-8-21)6-9-22-12-17-11-18-22/h11-13H,2-10H2,1H3,(H,19,26)/t13-/m1/s1. The molecule has 1 aromatic rings. The van der Waals surface area contributed by atoms with E-state index < -0.39 is 12.1 Å². The average Bonchev–Trinajstić information content (AvgIpc) is 3.25. The van der Waals surface area contributed by atoms with Gasteiger partial charge in [-0.05, 0) is 6.42 Å². The molecule has 2 aliphatic heterocycles. The van der Waals surface area contributed by atoms with E-state index in [1.54, 1.807) is 15.9 Å². The number of nitrogens with zero attached hydrogens (tertiary/aromatic N) is 6. The van der Waals surface area contributed by atoms with Crippen molar-refractivity contribution < 1.29 is 14.4 Å². The van der Waals surface area contributed by atoms with Crippen molar-refractivity contribution in [3.63, 3.8) is 0 Å². The summed E-state index contributed by atoms with van der Waals surface area (Å²) in [6.45, 7) is 6.74. The van der Waals surface area contributed by atoms with Gasteiger partial charge >= 0.3 is 6.03 Å². The number of hydrogen-bond donors (Lipinski definition) is 1. The third kappa shape index (κ3) is 4.18. The Kier molecular flexibility index (Phi) is 5.82. The highest BCUT2D eigenvalue weighted by molar-refractivity contribution is 6.05. The van der Waals surface area contributed by atoms with Crippen LogP contribution in [-0.4, -0.2) is 92.6 Å². The fraction of sp³-hybridized carbons (Fsp3) is 0.688. The third-order valence-electron chi connectivity index (χ3n) is 4.77. The zero-order valence-corrected chi connectivity index (χ0v) is 15.0. The molecule has 142 valence electrons. The Morgan fingerprint density at radius 3 is 2.62 bits per heavy atom. The number of piperazine rings is 1. The highest BCUT2D eigenvalue weighted by Gasteiger charge is 2.39. The Morgan fingerprint density at radius 1 is 1.19 bits per heavy atom. The van der Waals surface area contributed by atoms with Crippen molar-refractivity contribution in [3.05, 3.63) is 12.7 Å². The van der Waals surface area contributed by atoms with Crippen LogP contribution >= 0.6 is 0 Å². The molecule has 4 amide bonds. The lowest BCUT2D eigenvalue weighted by Crippen LogP contribution is -2.50. The Hall–Kier alpha value is -2.49. The van der Waals surface area contributed by atoms with Crippen molar-refractivity contribution in [2.45, 2.75) is 32.4 Å². The van der Waals surface area contributed by atoms with E-state index in [0.29, 0.717) is 26.1 Å². The number of amides is 4. The molecule has 0 saturated carbocycles. The van der Waals surface area contributed by atoms with Crippen molar-refractivity contribution in [2.24, 2.45) is 0 Å². The maximum absolute atomic E-state index is 12.5. The van der Waals surface area contributed by atoms with Crippen molar-refractivity contribution in [1.29, 1.82) is 0 Å². The molecule has 2 fully saturated rings. The fourth-order valence-electron chi connectivity index (χ4n) is 3.27. The van der Waals surface area contributed by atoms with Gasteiger partial charge < -0.3 is 10.2 Å². The largest absolute Gasteiger partial charge is 0.340 e. The summed E-state index contributed by atoms with van der Waals surface area (Å²) in [5, 5.41) is 6.69. The van der Waals surface area contributed by atoms with Gasteiger partial charge in [0.2, 0.25) is 5.91 Å². The van der Waals surface area contributed by atoms with E-state index in [1.807, 2.05) is 6.92 Å². The van der Waals surface area contributed by atoms with Crippen LogP contribution in [0.3, 0.4) is 0 Å². The molecule has 0 aromatic carbocycles. The van der Waals surface area contributed by atoms with Gasteiger partial charge in [0, 0.05) is 39.3 Å². The molecule has 3 heterocycles. The Bertz CT molecular complexity index is 640. The first-order valence-corrected chi connectivity index (χ1v) is 9.03. The summed E-state index contributed by atoms with van der Waals surface area (Å²) in [7, 11) is 0. The molecule has 0 bridgehead atoms. The maximum atomic E-state index is 12.5. The molecule has 10 nitrogen and oxygen atoms in total. The highest BCUT2D eigenvalue weighted by atomic mass is 16.2. The van der Waals surface area contributed by atoms with Crippen LogP contribution in [0.2, 0.25) is 0 Å². The summed E-state index contributed by atoms with van der Waals surface area (Å²) in [5.74, 6) is -0.380. The SMILES string of the molecule is CCCN1C(=O)N[C@H](CC(=O)N2CCN(CCn3cncn3)CC2)C1=O. The first-order chi connectivity index (χ1) is 12.6. The predicted octanol–water partition coefficient (Wildman–Crippen LogP) is -0.857. The van der Waals surface area contributed by atoms with Gasteiger partial charge in [-0.25, -0.2) is 9.78 Å². The molecule has 0 aliphatic carbocycles. The van der Waals surface area contributed by atoms with E-state index in [4.69, 9.17) is 0 Å². The van der Waals surface area contributed by atoms with Crippen LogP contribution in [0.25, 0.3) is 0 Å². The monoisotopic (exact) mass is 363 g/mol. The Balaban J connectivity index is 1.42. The summed E-state index contributed by atoms with van der Waals surface area (Å²) in [6.07, 6.45) is 3.94. The lowest BCUT2D eigenvalue weighted by atomic mass is 10.1. The maximum Gasteiger partial charge on any atom is 0.324 e. The molecule has 0 radical (unpaired) electrons. The molecule has 10 heteroatoms. The molecule has 1 aromatic heterocycles. The number of carbonyl (C=O) groups is 3. The fourth-order valence-corrected chi connectivity index (χ4v) is 3.27. The minimum Gasteiger partial charge on any atom is -0.340 e. The van der Waals surface area contributed by atoms with Gasteiger partial charge in [0.05, 0.1) is 13.0 Å². The molecule has 2 aliphatic rings. The number of imide groups is 1. The van der Waals surface area contributed by atoms with E-state index in [-0.39, 0.29) is 18.2 Å². The molecule has 0 spiro atoms. The summed E-state index contributed by atoms with van der Waals surface area (Å²) in [6, 6.07) is -1.13. The average molecular weight is 363 g/mol. The molecular weight excluding hydrogens is 338 g/mol. The normalized spacial score (nSPS) is 21.3. The minimum atomic E-state index is -0.730. The quantitative estimate of drug-likeness (QED) is 0.633. The van der Waals surface area contributed by atoms with Gasteiger partial charge in [-0.3, -0.25) is 24.1 Å². The molecule has 1 N–H and O–H groups in total. The molecule has 0 unspecified atom stereocenters. The number of rotatable bonds is 7. The van der Waals surface area contributed by atoms with Gasteiger partial charge in [0.1, 0.15) is 18.7 Å². The number of carbonyl (C=O) groups excluding carboxylic acids is 3. The van der Waals surface area contributed by atoms with E-state index in [2.05, 4.69) is 20.3 Å². The number of urea groups is 1. The van der Waals surface area contributed by atoms with E-state index in [9.17, 15) is 14.4 Å². The lowest BCUT2D eigenvalue weighted by Gasteiger charge is -2.35. The summed E-state index contributed by atoms with van der Waals surface area (Å²) >= 11 is 0. The van der Waals surface area contributed by atoms with Crippen LogP contribution in [0, 0.1) is 0 Å². The first kappa shape index (κ1) is 18.3. The Morgan fingerprint density at radius 2 is 1.96 bits per heavy atom. The molecule has 2 saturated heterocycles. The number of hydrogen-bond acceptors (Lipinski definition) is 6. The summed E-state index contributed by atoms with van der Waals surface area (Å²) in [5.41, 5.74) is 0. The van der Waals surface area contributed by atoms with E-state index in [1.165, 1.54) is 11.2 Å². The smallest absolute Gasteiger partial charge is 0.324 e. The second-order valence-corrected chi connectivity index (χ2v) is 6.58. The van der Waals surface area contributed by atoms with Crippen LogP contribution in [0.4, 0.5) is 4.79 Å². The van der Waals surface area contributed by atoms with Crippen LogP contribution in [0.1, 0.15) is 19.8 Å². The van der Waals surface area contributed by atoms with Crippen LogP contribution in [0.5, 0.6) is 0 Å². The second kappa shape index (κ2) is 8.26. The van der Waals surface area contributed by atoms with Gasteiger partial charge in [0.15, 0.2) is 0 Å². The van der Waals surface area contributed by atoms with Crippen molar-refractivity contribution >= 4 is 17.8 Å².